The average Bonchev–Trinajstić information content (AvgIpc) is 3.09. The van der Waals surface area contributed by atoms with Crippen molar-refractivity contribution in [2.45, 2.75) is 53.4 Å². The maximum Gasteiger partial charge on any atom is 0.232 e. The summed E-state index contributed by atoms with van der Waals surface area (Å²) in [6, 6.07) is 8.69. The molecular formula is C22H29NO3S. The lowest BCUT2D eigenvalue weighted by atomic mass is 9.86. The van der Waals surface area contributed by atoms with E-state index in [-0.39, 0.29) is 11.7 Å². The SMILES string of the molecule is CCS(=O)(=O)Nc1c(C)c(C)c2c(c1C)C(c1ccc(C(C)C)cc1)CO2. The summed E-state index contributed by atoms with van der Waals surface area (Å²) in [5, 5.41) is 0. The van der Waals surface area contributed by atoms with Gasteiger partial charge in [0, 0.05) is 11.5 Å². The van der Waals surface area contributed by atoms with Crippen LogP contribution in [0.25, 0.3) is 0 Å². The van der Waals surface area contributed by atoms with E-state index in [1.54, 1.807) is 6.92 Å². The predicted octanol–water partition coefficient (Wildman–Crippen LogP) is 5.02. The lowest BCUT2D eigenvalue weighted by Gasteiger charge is -2.20. The van der Waals surface area contributed by atoms with Gasteiger partial charge in [0.2, 0.25) is 10.0 Å². The number of nitrogens with one attached hydrogen (secondary N) is 1. The van der Waals surface area contributed by atoms with Crippen molar-refractivity contribution >= 4 is 15.7 Å². The topological polar surface area (TPSA) is 55.4 Å². The summed E-state index contributed by atoms with van der Waals surface area (Å²) in [6.45, 7) is 12.5. The third-order valence-electron chi connectivity index (χ3n) is 5.69. The van der Waals surface area contributed by atoms with Gasteiger partial charge in [-0.1, -0.05) is 38.1 Å². The fraction of sp³-hybridized carbons (Fsp3) is 0.455. The van der Waals surface area contributed by atoms with E-state index in [2.05, 4.69) is 42.8 Å². The third-order valence-corrected chi connectivity index (χ3v) is 6.96. The van der Waals surface area contributed by atoms with Crippen molar-refractivity contribution in [1.29, 1.82) is 0 Å². The summed E-state index contributed by atoms with van der Waals surface area (Å²) in [4.78, 5) is 0. The van der Waals surface area contributed by atoms with Gasteiger partial charge in [-0.25, -0.2) is 8.42 Å². The molecule has 0 bridgehead atoms. The second kappa shape index (κ2) is 7.19. The first-order valence-corrected chi connectivity index (χ1v) is 11.2. The third kappa shape index (κ3) is 3.57. The first-order valence-electron chi connectivity index (χ1n) is 9.53. The molecule has 3 rings (SSSR count). The zero-order valence-electron chi connectivity index (χ0n) is 17.0. The van der Waals surface area contributed by atoms with Crippen LogP contribution in [0, 0.1) is 20.8 Å². The van der Waals surface area contributed by atoms with Gasteiger partial charge in [-0.15, -0.1) is 0 Å². The van der Waals surface area contributed by atoms with Gasteiger partial charge in [-0.2, -0.15) is 0 Å². The van der Waals surface area contributed by atoms with E-state index in [0.29, 0.717) is 18.2 Å². The van der Waals surface area contributed by atoms with Crippen molar-refractivity contribution in [2.75, 3.05) is 17.1 Å². The Balaban J connectivity index is 2.10. The van der Waals surface area contributed by atoms with E-state index in [4.69, 9.17) is 4.74 Å². The monoisotopic (exact) mass is 387 g/mol. The minimum atomic E-state index is -3.34. The van der Waals surface area contributed by atoms with Crippen molar-refractivity contribution in [2.24, 2.45) is 0 Å². The van der Waals surface area contributed by atoms with Gasteiger partial charge >= 0.3 is 0 Å². The molecule has 27 heavy (non-hydrogen) atoms. The van der Waals surface area contributed by atoms with Crippen LogP contribution in [-0.2, 0) is 10.0 Å². The lowest BCUT2D eigenvalue weighted by Crippen LogP contribution is -2.17. The molecule has 0 saturated carbocycles. The molecule has 0 radical (unpaired) electrons. The number of anilines is 1. The molecule has 0 fully saturated rings. The van der Waals surface area contributed by atoms with E-state index in [9.17, 15) is 8.42 Å². The Morgan fingerprint density at radius 1 is 1.07 bits per heavy atom. The van der Waals surface area contributed by atoms with Gasteiger partial charge in [-0.3, -0.25) is 4.72 Å². The standard InChI is InChI=1S/C22H29NO3S/c1-7-27(24,25)23-21-14(4)15(5)22-20(16(21)6)19(12-26-22)18-10-8-17(9-11-18)13(2)3/h8-11,13,19,23H,7,12H2,1-6H3. The first kappa shape index (κ1) is 19.7. The second-order valence-electron chi connectivity index (χ2n) is 7.68. The molecule has 0 spiro atoms. The number of hydrogen-bond acceptors (Lipinski definition) is 3. The Morgan fingerprint density at radius 3 is 2.26 bits per heavy atom. The van der Waals surface area contributed by atoms with E-state index in [1.165, 1.54) is 11.1 Å². The Labute approximate surface area is 163 Å². The smallest absolute Gasteiger partial charge is 0.232 e. The quantitative estimate of drug-likeness (QED) is 0.783. The van der Waals surface area contributed by atoms with Gasteiger partial charge in [0.05, 0.1) is 18.0 Å². The summed E-state index contributed by atoms with van der Waals surface area (Å²) < 4.78 is 33.2. The van der Waals surface area contributed by atoms with Crippen LogP contribution in [0.1, 0.15) is 66.0 Å². The molecule has 0 amide bonds. The average molecular weight is 388 g/mol. The van der Waals surface area contributed by atoms with Crippen LogP contribution in [0.15, 0.2) is 24.3 Å². The molecule has 1 unspecified atom stereocenters. The highest BCUT2D eigenvalue weighted by Gasteiger charge is 2.32. The van der Waals surface area contributed by atoms with E-state index < -0.39 is 10.0 Å². The molecule has 1 aliphatic heterocycles. The highest BCUT2D eigenvalue weighted by molar-refractivity contribution is 7.92. The highest BCUT2D eigenvalue weighted by Crippen LogP contribution is 2.47. The van der Waals surface area contributed by atoms with Crippen LogP contribution in [-0.4, -0.2) is 20.8 Å². The molecular weight excluding hydrogens is 358 g/mol. The number of hydrogen-bond donors (Lipinski definition) is 1. The fourth-order valence-electron chi connectivity index (χ4n) is 3.76. The fourth-order valence-corrected chi connectivity index (χ4v) is 4.52. The van der Waals surface area contributed by atoms with Gasteiger partial charge in [0.15, 0.2) is 0 Å². The van der Waals surface area contributed by atoms with E-state index in [0.717, 1.165) is 28.0 Å². The molecule has 0 aliphatic carbocycles. The summed E-state index contributed by atoms with van der Waals surface area (Å²) in [5.74, 6) is 1.57. The van der Waals surface area contributed by atoms with Crippen LogP contribution >= 0.6 is 0 Å². The zero-order chi connectivity index (χ0) is 19.9. The van der Waals surface area contributed by atoms with E-state index in [1.807, 2.05) is 20.8 Å². The second-order valence-corrected chi connectivity index (χ2v) is 9.69. The maximum absolute atomic E-state index is 12.2. The summed E-state index contributed by atoms with van der Waals surface area (Å²) in [6.07, 6.45) is 0. The van der Waals surface area contributed by atoms with Gasteiger partial charge in [0.25, 0.3) is 0 Å². The van der Waals surface area contributed by atoms with Crippen molar-refractivity contribution < 1.29 is 13.2 Å². The number of fused-ring (bicyclic) bond motifs is 1. The van der Waals surface area contributed by atoms with Crippen molar-refractivity contribution in [3.8, 4) is 5.75 Å². The minimum Gasteiger partial charge on any atom is -0.492 e. The Hall–Kier alpha value is -2.01. The predicted molar refractivity (Wildman–Crippen MR) is 112 cm³/mol. The van der Waals surface area contributed by atoms with Gasteiger partial charge in [0.1, 0.15) is 5.75 Å². The number of sulfonamides is 1. The van der Waals surface area contributed by atoms with Crippen molar-refractivity contribution in [3.63, 3.8) is 0 Å². The molecule has 0 aromatic heterocycles. The molecule has 0 saturated heterocycles. The van der Waals surface area contributed by atoms with Crippen LogP contribution in [0.4, 0.5) is 5.69 Å². The molecule has 1 heterocycles. The lowest BCUT2D eigenvalue weighted by molar-refractivity contribution is 0.341. The molecule has 2 aromatic carbocycles. The van der Waals surface area contributed by atoms with Crippen LogP contribution in [0.3, 0.4) is 0 Å². The highest BCUT2D eigenvalue weighted by atomic mass is 32.2. The van der Waals surface area contributed by atoms with Crippen LogP contribution in [0.5, 0.6) is 5.75 Å². The molecule has 146 valence electrons. The zero-order valence-corrected chi connectivity index (χ0v) is 17.8. The van der Waals surface area contributed by atoms with Gasteiger partial charge < -0.3 is 4.74 Å². The largest absolute Gasteiger partial charge is 0.492 e. The number of rotatable bonds is 5. The van der Waals surface area contributed by atoms with Crippen LogP contribution < -0.4 is 9.46 Å². The van der Waals surface area contributed by atoms with Crippen molar-refractivity contribution in [1.82, 2.24) is 0 Å². The minimum absolute atomic E-state index is 0.0542. The Bertz CT molecular complexity index is 960. The molecule has 4 nitrogen and oxygen atoms in total. The normalized spacial score (nSPS) is 16.3. The van der Waals surface area contributed by atoms with Crippen molar-refractivity contribution in [3.05, 3.63) is 57.6 Å². The summed E-state index contributed by atoms with van der Waals surface area (Å²) >= 11 is 0. The molecule has 5 heteroatoms. The first-order chi connectivity index (χ1) is 12.7. The summed E-state index contributed by atoms with van der Waals surface area (Å²) in [7, 11) is -3.34. The Kier molecular flexibility index (Phi) is 5.26. The van der Waals surface area contributed by atoms with Crippen LogP contribution in [0.2, 0.25) is 0 Å². The number of ether oxygens (including phenoxy) is 1. The van der Waals surface area contributed by atoms with Gasteiger partial charge in [-0.05, 0) is 61.4 Å². The molecule has 2 aromatic rings. The molecule has 1 aliphatic rings. The number of benzene rings is 2. The van der Waals surface area contributed by atoms with E-state index >= 15 is 0 Å². The maximum atomic E-state index is 12.2. The Morgan fingerprint density at radius 2 is 1.70 bits per heavy atom. The molecule has 1 atom stereocenters. The molecule has 1 N–H and O–H groups in total. The summed E-state index contributed by atoms with van der Waals surface area (Å²) in [5.41, 5.74) is 7.21.